The Hall–Kier alpha value is -1.66. The average molecular weight is 1280 g/mol. The highest BCUT2D eigenvalue weighted by Gasteiger charge is 2.18. The van der Waals surface area contributed by atoms with Gasteiger partial charge in [-0.05, 0) is 57.8 Å². The average Bonchev–Trinajstić information content (AvgIpc) is 3.74. The maximum Gasteiger partial charge on any atom is 0.305 e. The Bertz CT molecular complexity index is 1430. The van der Waals surface area contributed by atoms with E-state index in [9.17, 15) is 19.8 Å². The predicted molar refractivity (Wildman–Crippen MR) is 403 cm³/mol. The molecule has 0 heterocycles. The molecule has 0 aliphatic carbocycles. The molecule has 2 unspecified atom stereocenters. The highest BCUT2D eigenvalue weighted by molar-refractivity contribution is 5.76. The number of carbonyl (C=O) groups excluding carboxylic acids is 2. The fourth-order valence-corrected chi connectivity index (χ4v) is 13.6. The van der Waals surface area contributed by atoms with Crippen LogP contribution >= 0.6 is 0 Å². The first-order valence-corrected chi connectivity index (χ1v) is 42.1. The minimum Gasteiger partial charge on any atom is -0.466 e. The minimum atomic E-state index is -0.843. The number of unbranched alkanes of at least 4 members (excludes halogenated alkanes) is 67. The zero-order valence-electron chi connectivity index (χ0n) is 62.1. The van der Waals surface area contributed by atoms with Gasteiger partial charge in [-0.15, -0.1) is 0 Å². The molecule has 0 rings (SSSR count). The molecule has 0 aliphatic rings. The number of amides is 1. The Balaban J connectivity index is 3.35. The highest BCUT2D eigenvalue weighted by Crippen LogP contribution is 2.20. The predicted octanol–water partition coefficient (Wildman–Crippen LogP) is 28.0. The van der Waals surface area contributed by atoms with Gasteiger partial charge in [0, 0.05) is 12.8 Å². The van der Waals surface area contributed by atoms with Crippen molar-refractivity contribution in [3.63, 3.8) is 0 Å². The van der Waals surface area contributed by atoms with Gasteiger partial charge >= 0.3 is 5.97 Å². The van der Waals surface area contributed by atoms with E-state index in [1.165, 1.54) is 417 Å². The number of carbonyl (C=O) groups is 2. The van der Waals surface area contributed by atoms with E-state index in [4.69, 9.17) is 4.74 Å². The lowest BCUT2D eigenvalue weighted by Crippen LogP contribution is -2.45. The molecule has 91 heavy (non-hydrogen) atoms. The van der Waals surface area contributed by atoms with Crippen LogP contribution in [0.4, 0.5) is 0 Å². The molecule has 0 aliphatic heterocycles. The van der Waals surface area contributed by atoms with Crippen LogP contribution in [0.5, 0.6) is 0 Å². The maximum atomic E-state index is 12.6. The number of aliphatic hydroxyl groups is 2. The third kappa shape index (κ3) is 77.2. The molecule has 0 aromatic heterocycles. The normalized spacial score (nSPS) is 12.5. The first kappa shape index (κ1) is 89.3. The number of rotatable bonds is 80. The Morgan fingerprint density at radius 1 is 0.297 bits per heavy atom. The Labute approximate surface area is 571 Å². The van der Waals surface area contributed by atoms with Gasteiger partial charge in [0.2, 0.25) is 5.91 Å². The molecule has 1 amide bonds. The van der Waals surface area contributed by atoms with Gasteiger partial charge < -0.3 is 20.3 Å². The fraction of sp³-hybridized carbons (Fsp3) is 0.929. The van der Waals surface area contributed by atoms with E-state index < -0.39 is 12.1 Å². The van der Waals surface area contributed by atoms with Crippen LogP contribution in [0.3, 0.4) is 0 Å². The third-order valence-corrected chi connectivity index (χ3v) is 20.0. The molecule has 3 N–H and O–H groups in total. The van der Waals surface area contributed by atoms with Crippen molar-refractivity contribution < 1.29 is 24.5 Å². The second kappa shape index (κ2) is 80.8. The summed E-state index contributed by atoms with van der Waals surface area (Å²) in [5.41, 5.74) is 0. The van der Waals surface area contributed by atoms with Crippen molar-refractivity contribution in [3.8, 4) is 0 Å². The van der Waals surface area contributed by atoms with E-state index in [1.807, 2.05) is 6.08 Å². The Morgan fingerprint density at radius 3 is 0.780 bits per heavy atom. The number of esters is 1. The van der Waals surface area contributed by atoms with E-state index in [2.05, 4.69) is 31.3 Å². The van der Waals surface area contributed by atoms with E-state index in [0.29, 0.717) is 19.4 Å². The number of ether oxygens (including phenoxy) is 1. The van der Waals surface area contributed by atoms with E-state index in [0.717, 1.165) is 38.5 Å². The molecule has 0 spiro atoms. The SMILES string of the molecule is CCCCCCCCCCCCCCCCCCCCCCC/C=C/C(O)C(CO)NC(=O)CCCCCCCCCCCCCCCCCCC/C=C\CCCCCCCCCCCCCCCCCCCCOC(=O)CCCCCCCCCCCCCC. The smallest absolute Gasteiger partial charge is 0.305 e. The van der Waals surface area contributed by atoms with Crippen molar-refractivity contribution in [3.05, 3.63) is 24.3 Å². The first-order valence-electron chi connectivity index (χ1n) is 42.1. The van der Waals surface area contributed by atoms with Gasteiger partial charge in [0.1, 0.15) is 0 Å². The van der Waals surface area contributed by atoms with E-state index in [-0.39, 0.29) is 18.5 Å². The molecule has 0 radical (unpaired) electrons. The number of hydrogen-bond acceptors (Lipinski definition) is 5. The summed E-state index contributed by atoms with van der Waals surface area (Å²) in [5.74, 6) is -0.0341. The lowest BCUT2D eigenvalue weighted by molar-refractivity contribution is -0.143. The molecule has 0 bridgehead atoms. The standard InChI is InChI=1S/C85H165NO5/c1-3-5-7-9-11-13-15-17-18-19-20-21-39-42-45-48-51-54-57-61-65-69-73-77-83(88)82(81-87)86-84(89)78-74-70-66-62-58-55-52-49-46-43-40-37-35-33-31-29-27-25-23-22-24-26-28-30-32-34-36-38-41-44-47-50-53-56-60-64-68-72-76-80-91-85(90)79-75-71-67-63-59-16-14-12-10-8-6-4-2/h22-23,73,77,82-83,87-88H,3-21,24-72,74-76,78-81H2,1-2H3,(H,86,89)/b23-22-,77-73+. The number of hydrogen-bond donors (Lipinski definition) is 3. The van der Waals surface area contributed by atoms with Gasteiger partial charge in [0.05, 0.1) is 25.4 Å². The molecule has 0 fully saturated rings. The zero-order chi connectivity index (χ0) is 65.6. The van der Waals surface area contributed by atoms with Crippen molar-refractivity contribution in [1.29, 1.82) is 0 Å². The second-order valence-electron chi connectivity index (χ2n) is 29.2. The highest BCUT2D eigenvalue weighted by atomic mass is 16.5. The Kier molecular flexibility index (Phi) is 79.3. The fourth-order valence-electron chi connectivity index (χ4n) is 13.6. The van der Waals surface area contributed by atoms with Gasteiger partial charge in [0.15, 0.2) is 0 Å². The molecular weight excluding hydrogens is 1110 g/mol. The molecule has 0 aromatic carbocycles. The lowest BCUT2D eigenvalue weighted by atomic mass is 10.0. The Morgan fingerprint density at radius 2 is 0.516 bits per heavy atom. The second-order valence-corrected chi connectivity index (χ2v) is 29.2. The molecule has 6 nitrogen and oxygen atoms in total. The largest absolute Gasteiger partial charge is 0.466 e. The summed E-state index contributed by atoms with van der Waals surface area (Å²) < 4.78 is 5.49. The third-order valence-electron chi connectivity index (χ3n) is 20.0. The van der Waals surface area contributed by atoms with Gasteiger partial charge in [-0.2, -0.15) is 0 Å². The molecule has 0 aromatic rings. The molecule has 0 saturated heterocycles. The van der Waals surface area contributed by atoms with Crippen LogP contribution in [0.25, 0.3) is 0 Å². The summed E-state index contributed by atoms with van der Waals surface area (Å²) >= 11 is 0. The molecule has 2 atom stereocenters. The number of allylic oxidation sites excluding steroid dienone is 3. The first-order chi connectivity index (χ1) is 45.0. The number of nitrogens with one attached hydrogen (secondary N) is 1. The minimum absolute atomic E-state index is 0.0240. The van der Waals surface area contributed by atoms with Crippen LogP contribution in [0.1, 0.15) is 483 Å². The maximum absolute atomic E-state index is 12.6. The summed E-state index contributed by atoms with van der Waals surface area (Å²) in [6, 6.07) is -0.626. The van der Waals surface area contributed by atoms with Crippen molar-refractivity contribution in [2.24, 2.45) is 0 Å². The van der Waals surface area contributed by atoms with Crippen LogP contribution in [-0.4, -0.2) is 47.4 Å². The quantitative estimate of drug-likeness (QED) is 0.0320. The lowest BCUT2D eigenvalue weighted by Gasteiger charge is -2.20. The number of aliphatic hydroxyl groups excluding tert-OH is 2. The van der Waals surface area contributed by atoms with Crippen LogP contribution in [0.2, 0.25) is 0 Å². The van der Waals surface area contributed by atoms with Crippen molar-refractivity contribution >= 4 is 11.9 Å². The van der Waals surface area contributed by atoms with Crippen LogP contribution in [0.15, 0.2) is 24.3 Å². The summed E-state index contributed by atoms with van der Waals surface area (Å²) in [5, 5.41) is 23.3. The summed E-state index contributed by atoms with van der Waals surface area (Å²) in [6.45, 7) is 4.96. The van der Waals surface area contributed by atoms with Crippen LogP contribution in [-0.2, 0) is 14.3 Å². The van der Waals surface area contributed by atoms with E-state index >= 15 is 0 Å². The van der Waals surface area contributed by atoms with Crippen molar-refractivity contribution in [1.82, 2.24) is 5.32 Å². The molecular formula is C85H165NO5. The summed E-state index contributed by atoms with van der Waals surface area (Å²) in [4.78, 5) is 24.6. The monoisotopic (exact) mass is 1280 g/mol. The summed E-state index contributed by atoms with van der Waals surface area (Å²) in [6.07, 6.45) is 105. The van der Waals surface area contributed by atoms with E-state index in [1.54, 1.807) is 6.08 Å². The van der Waals surface area contributed by atoms with Gasteiger partial charge in [-0.1, -0.05) is 436 Å². The van der Waals surface area contributed by atoms with Crippen LogP contribution < -0.4 is 5.32 Å². The molecule has 540 valence electrons. The summed E-state index contributed by atoms with van der Waals surface area (Å²) in [7, 11) is 0. The van der Waals surface area contributed by atoms with Gasteiger partial charge in [-0.25, -0.2) is 0 Å². The van der Waals surface area contributed by atoms with Crippen molar-refractivity contribution in [2.75, 3.05) is 13.2 Å². The van der Waals surface area contributed by atoms with Crippen LogP contribution in [0, 0.1) is 0 Å². The van der Waals surface area contributed by atoms with Crippen molar-refractivity contribution in [2.45, 2.75) is 495 Å². The van der Waals surface area contributed by atoms with Gasteiger partial charge in [0.25, 0.3) is 0 Å². The zero-order valence-corrected chi connectivity index (χ0v) is 62.1. The molecule has 0 saturated carbocycles. The molecule has 6 heteroatoms. The topological polar surface area (TPSA) is 95.9 Å². The van der Waals surface area contributed by atoms with Gasteiger partial charge in [-0.3, -0.25) is 9.59 Å².